The van der Waals surface area contributed by atoms with E-state index in [1.165, 1.54) is 17.3 Å². The highest BCUT2D eigenvalue weighted by Gasteiger charge is 2.21. The molecule has 0 bridgehead atoms. The first-order chi connectivity index (χ1) is 13.7. The molecule has 0 saturated carbocycles. The van der Waals surface area contributed by atoms with Crippen LogP contribution in [0.25, 0.3) is 5.82 Å². The van der Waals surface area contributed by atoms with E-state index in [1.54, 1.807) is 35.4 Å². The van der Waals surface area contributed by atoms with E-state index in [9.17, 15) is 9.59 Å². The fraction of sp³-hybridized carbons (Fsp3) is 0.211. The van der Waals surface area contributed by atoms with E-state index in [1.807, 2.05) is 12.1 Å². The Bertz CT molecular complexity index is 972. The first kappa shape index (κ1) is 17.7. The molecule has 0 unspecified atom stereocenters. The molecule has 0 aliphatic carbocycles. The second kappa shape index (κ2) is 7.87. The third kappa shape index (κ3) is 3.83. The summed E-state index contributed by atoms with van der Waals surface area (Å²) in [6.45, 7) is 0.578. The average Bonchev–Trinajstić information content (AvgIpc) is 3.39. The number of benzene rings is 1. The first-order valence-electron chi connectivity index (χ1n) is 8.84. The van der Waals surface area contributed by atoms with E-state index in [0.29, 0.717) is 23.7 Å². The standard InChI is InChI=1S/C19H18N6O3/c26-17(23-16-3-1-9-21-19(16)25-13-20-12-22-25)11-28-15-7-5-14(6-8-15)24-10-2-4-18(24)27/h1,3,5-9,12-13H,2,4,10-11H2,(H,23,26). The van der Waals surface area contributed by atoms with Gasteiger partial charge < -0.3 is 15.0 Å². The smallest absolute Gasteiger partial charge is 0.262 e. The summed E-state index contributed by atoms with van der Waals surface area (Å²) in [4.78, 5) is 33.9. The van der Waals surface area contributed by atoms with E-state index >= 15 is 0 Å². The molecule has 9 nitrogen and oxygen atoms in total. The number of nitrogens with zero attached hydrogens (tertiary/aromatic N) is 5. The molecule has 1 N–H and O–H groups in total. The van der Waals surface area contributed by atoms with Crippen LogP contribution >= 0.6 is 0 Å². The summed E-state index contributed by atoms with van der Waals surface area (Å²) in [6.07, 6.45) is 5.96. The summed E-state index contributed by atoms with van der Waals surface area (Å²) >= 11 is 0. The van der Waals surface area contributed by atoms with Crippen LogP contribution in [0.1, 0.15) is 12.8 Å². The lowest BCUT2D eigenvalue weighted by atomic mass is 10.3. The number of nitrogens with one attached hydrogen (secondary N) is 1. The van der Waals surface area contributed by atoms with Gasteiger partial charge in [0.15, 0.2) is 12.4 Å². The third-order valence-corrected chi connectivity index (χ3v) is 4.29. The Balaban J connectivity index is 1.36. The molecule has 2 amide bonds. The second-order valence-corrected chi connectivity index (χ2v) is 6.19. The number of ether oxygens (including phenoxy) is 1. The molecule has 4 rings (SSSR count). The minimum absolute atomic E-state index is 0.132. The summed E-state index contributed by atoms with van der Waals surface area (Å²) in [5.74, 6) is 0.821. The van der Waals surface area contributed by atoms with Crippen LogP contribution in [0.5, 0.6) is 5.75 Å². The Morgan fingerprint density at radius 3 is 2.79 bits per heavy atom. The fourth-order valence-electron chi connectivity index (χ4n) is 2.97. The molecule has 1 aliphatic rings. The van der Waals surface area contributed by atoms with Crippen LogP contribution in [0.4, 0.5) is 11.4 Å². The molecule has 2 aromatic heterocycles. The zero-order chi connectivity index (χ0) is 19.3. The van der Waals surface area contributed by atoms with E-state index in [4.69, 9.17) is 4.74 Å². The lowest BCUT2D eigenvalue weighted by Gasteiger charge is -2.16. The molecule has 1 fully saturated rings. The molecule has 9 heteroatoms. The number of aromatic nitrogens is 4. The zero-order valence-electron chi connectivity index (χ0n) is 15.0. The van der Waals surface area contributed by atoms with Crippen LogP contribution in [0.3, 0.4) is 0 Å². The van der Waals surface area contributed by atoms with E-state index in [-0.39, 0.29) is 18.4 Å². The lowest BCUT2D eigenvalue weighted by Crippen LogP contribution is -2.23. The molecule has 28 heavy (non-hydrogen) atoms. The van der Waals surface area contributed by atoms with Crippen molar-refractivity contribution in [2.75, 3.05) is 23.4 Å². The highest BCUT2D eigenvalue weighted by Crippen LogP contribution is 2.24. The molecule has 1 saturated heterocycles. The van der Waals surface area contributed by atoms with Crippen LogP contribution in [0.2, 0.25) is 0 Å². The molecule has 142 valence electrons. The van der Waals surface area contributed by atoms with Crippen molar-refractivity contribution >= 4 is 23.2 Å². The molecule has 0 spiro atoms. The molecule has 3 heterocycles. The minimum atomic E-state index is -0.326. The summed E-state index contributed by atoms with van der Waals surface area (Å²) in [5.41, 5.74) is 1.34. The van der Waals surface area contributed by atoms with Gasteiger partial charge in [-0.15, -0.1) is 0 Å². The van der Waals surface area contributed by atoms with E-state index in [2.05, 4.69) is 20.4 Å². The topological polar surface area (TPSA) is 102 Å². The number of anilines is 2. The lowest BCUT2D eigenvalue weighted by molar-refractivity contribution is -0.118. The summed E-state index contributed by atoms with van der Waals surface area (Å²) in [5, 5.41) is 6.79. The van der Waals surface area contributed by atoms with Crippen molar-refractivity contribution in [3.05, 3.63) is 55.2 Å². The summed E-state index contributed by atoms with van der Waals surface area (Å²) in [7, 11) is 0. The van der Waals surface area contributed by atoms with Gasteiger partial charge in [-0.25, -0.2) is 14.6 Å². The van der Waals surface area contributed by atoms with Crippen molar-refractivity contribution in [3.63, 3.8) is 0 Å². The Morgan fingerprint density at radius 1 is 1.21 bits per heavy atom. The van der Waals surface area contributed by atoms with Gasteiger partial charge >= 0.3 is 0 Å². The van der Waals surface area contributed by atoms with Gasteiger partial charge in [0.25, 0.3) is 5.91 Å². The van der Waals surface area contributed by atoms with Crippen molar-refractivity contribution in [3.8, 4) is 11.6 Å². The minimum Gasteiger partial charge on any atom is -0.484 e. The van der Waals surface area contributed by atoms with E-state index < -0.39 is 0 Å². The van der Waals surface area contributed by atoms with Crippen molar-refractivity contribution < 1.29 is 14.3 Å². The number of hydrogen-bond donors (Lipinski definition) is 1. The molecular weight excluding hydrogens is 360 g/mol. The van der Waals surface area contributed by atoms with Crippen LogP contribution in [-0.4, -0.2) is 44.7 Å². The molecule has 1 aromatic carbocycles. The van der Waals surface area contributed by atoms with Crippen LogP contribution < -0.4 is 15.0 Å². The SMILES string of the molecule is O=C(COc1ccc(N2CCCC2=O)cc1)Nc1cccnc1-n1cncn1. The van der Waals surface area contributed by atoms with Crippen LogP contribution in [0.15, 0.2) is 55.2 Å². The monoisotopic (exact) mass is 378 g/mol. The number of carbonyl (C=O) groups excluding carboxylic acids is 2. The zero-order valence-corrected chi connectivity index (χ0v) is 15.0. The van der Waals surface area contributed by atoms with Gasteiger partial charge in [0.2, 0.25) is 5.91 Å². The third-order valence-electron chi connectivity index (χ3n) is 4.29. The maximum absolute atomic E-state index is 12.3. The highest BCUT2D eigenvalue weighted by atomic mass is 16.5. The van der Waals surface area contributed by atoms with Gasteiger partial charge in [-0.1, -0.05) is 0 Å². The second-order valence-electron chi connectivity index (χ2n) is 6.19. The maximum atomic E-state index is 12.3. The van der Waals surface area contributed by atoms with E-state index in [0.717, 1.165) is 18.7 Å². The van der Waals surface area contributed by atoms with Gasteiger partial charge in [0.05, 0.1) is 5.69 Å². The number of hydrogen-bond acceptors (Lipinski definition) is 6. The Hall–Kier alpha value is -3.75. The molecule has 0 radical (unpaired) electrons. The molecule has 0 atom stereocenters. The van der Waals surface area contributed by atoms with Gasteiger partial charge in [-0.05, 0) is 42.8 Å². The van der Waals surface area contributed by atoms with Gasteiger partial charge in [-0.2, -0.15) is 5.10 Å². The highest BCUT2D eigenvalue weighted by molar-refractivity contribution is 5.95. The van der Waals surface area contributed by atoms with Gasteiger partial charge in [-0.3, -0.25) is 9.59 Å². The van der Waals surface area contributed by atoms with Crippen LogP contribution in [-0.2, 0) is 9.59 Å². The first-order valence-corrected chi connectivity index (χ1v) is 8.84. The Labute approximate surface area is 161 Å². The predicted molar refractivity (Wildman–Crippen MR) is 101 cm³/mol. The normalized spacial score (nSPS) is 13.6. The quantitative estimate of drug-likeness (QED) is 0.702. The Kier molecular flexibility index (Phi) is 4.96. The number of rotatable bonds is 6. The van der Waals surface area contributed by atoms with Gasteiger partial charge in [0, 0.05) is 24.8 Å². The number of amides is 2. The summed E-state index contributed by atoms with van der Waals surface area (Å²) in [6, 6.07) is 10.6. The molecule has 1 aliphatic heterocycles. The maximum Gasteiger partial charge on any atom is 0.262 e. The van der Waals surface area contributed by atoms with Crippen molar-refractivity contribution in [2.24, 2.45) is 0 Å². The molecule has 3 aromatic rings. The van der Waals surface area contributed by atoms with Crippen LogP contribution in [0, 0.1) is 0 Å². The van der Waals surface area contributed by atoms with Gasteiger partial charge in [0.1, 0.15) is 18.4 Å². The van der Waals surface area contributed by atoms with Crippen molar-refractivity contribution in [2.45, 2.75) is 12.8 Å². The predicted octanol–water partition coefficient (Wildman–Crippen LogP) is 1.81. The Morgan fingerprint density at radius 2 is 2.07 bits per heavy atom. The molecular formula is C19H18N6O3. The largest absolute Gasteiger partial charge is 0.484 e. The van der Waals surface area contributed by atoms with Crippen molar-refractivity contribution in [1.82, 2.24) is 19.7 Å². The number of pyridine rings is 1. The average molecular weight is 378 g/mol. The fourth-order valence-corrected chi connectivity index (χ4v) is 2.97. The number of carbonyl (C=O) groups is 2. The summed E-state index contributed by atoms with van der Waals surface area (Å²) < 4.78 is 7.01. The van der Waals surface area contributed by atoms with Crippen molar-refractivity contribution in [1.29, 1.82) is 0 Å².